The molecule has 142 valence electrons. The first-order chi connectivity index (χ1) is 12.9. The Morgan fingerprint density at radius 3 is 2.30 bits per heavy atom. The zero-order chi connectivity index (χ0) is 19.4. The number of carboxylic acid groups (broad SMARTS) is 1. The number of sulfonamides is 1. The molecule has 27 heavy (non-hydrogen) atoms. The Hall–Kier alpha value is -2.64. The number of benzene rings is 2. The van der Waals surface area contributed by atoms with Gasteiger partial charge in [0.15, 0.2) is 0 Å². The quantitative estimate of drug-likeness (QED) is 0.800. The molecule has 0 bridgehead atoms. The molecule has 1 fully saturated rings. The first-order valence-corrected chi connectivity index (χ1v) is 10.1. The summed E-state index contributed by atoms with van der Waals surface area (Å²) in [5.41, 5.74) is 1.80. The molecule has 1 N–H and O–H groups in total. The van der Waals surface area contributed by atoms with Crippen molar-refractivity contribution in [1.82, 2.24) is 4.31 Å². The highest BCUT2D eigenvalue weighted by Crippen LogP contribution is 2.22. The number of piperazine rings is 1. The van der Waals surface area contributed by atoms with E-state index in [9.17, 15) is 13.2 Å². The SMILES string of the molecule is CC(=Cc1cccc(S(=O)(=O)N2CCN(c3ccccc3)CC2)c1)C(=O)O. The van der Waals surface area contributed by atoms with Gasteiger partial charge in [-0.1, -0.05) is 30.3 Å². The molecule has 1 heterocycles. The number of hydrogen-bond donors (Lipinski definition) is 1. The molecule has 1 aliphatic heterocycles. The predicted octanol–water partition coefficient (Wildman–Crippen LogP) is 2.69. The van der Waals surface area contributed by atoms with E-state index in [0.717, 1.165) is 5.69 Å². The predicted molar refractivity (Wildman–Crippen MR) is 105 cm³/mol. The van der Waals surface area contributed by atoms with E-state index >= 15 is 0 Å². The van der Waals surface area contributed by atoms with Crippen LogP contribution in [0.4, 0.5) is 5.69 Å². The number of nitrogens with zero attached hydrogens (tertiary/aromatic N) is 2. The highest BCUT2D eigenvalue weighted by atomic mass is 32.2. The largest absolute Gasteiger partial charge is 0.478 e. The zero-order valence-electron chi connectivity index (χ0n) is 15.1. The Balaban J connectivity index is 1.76. The molecule has 6 nitrogen and oxygen atoms in total. The summed E-state index contributed by atoms with van der Waals surface area (Å²) < 4.78 is 27.4. The normalized spacial score (nSPS) is 16.3. The summed E-state index contributed by atoms with van der Waals surface area (Å²) in [5.74, 6) is -1.03. The fraction of sp³-hybridized carbons (Fsp3) is 0.250. The van der Waals surface area contributed by atoms with Crippen molar-refractivity contribution in [2.45, 2.75) is 11.8 Å². The summed E-state index contributed by atoms with van der Waals surface area (Å²) in [6.07, 6.45) is 1.47. The minimum atomic E-state index is -3.62. The van der Waals surface area contributed by atoms with Crippen LogP contribution in [0.15, 0.2) is 65.1 Å². The van der Waals surface area contributed by atoms with E-state index in [-0.39, 0.29) is 10.5 Å². The van der Waals surface area contributed by atoms with Crippen LogP contribution in [0.3, 0.4) is 0 Å². The molecule has 7 heteroatoms. The van der Waals surface area contributed by atoms with Crippen molar-refractivity contribution in [2.24, 2.45) is 0 Å². The first-order valence-electron chi connectivity index (χ1n) is 8.70. The second-order valence-electron chi connectivity index (χ2n) is 6.43. The van der Waals surface area contributed by atoms with E-state index < -0.39 is 16.0 Å². The van der Waals surface area contributed by atoms with Crippen molar-refractivity contribution in [2.75, 3.05) is 31.1 Å². The third kappa shape index (κ3) is 4.37. The maximum Gasteiger partial charge on any atom is 0.331 e. The summed E-state index contributed by atoms with van der Waals surface area (Å²) in [6, 6.07) is 16.3. The van der Waals surface area contributed by atoms with Crippen LogP contribution in [0.1, 0.15) is 12.5 Å². The molecule has 0 aromatic heterocycles. The van der Waals surface area contributed by atoms with E-state index in [1.54, 1.807) is 18.2 Å². The standard InChI is InChI=1S/C20H22N2O4S/c1-16(20(23)24)14-17-6-5-9-19(15-17)27(25,26)22-12-10-21(11-13-22)18-7-3-2-4-8-18/h2-9,14-15H,10-13H2,1H3,(H,23,24). The van der Waals surface area contributed by atoms with Crippen LogP contribution in [-0.2, 0) is 14.8 Å². The highest BCUT2D eigenvalue weighted by Gasteiger charge is 2.28. The smallest absolute Gasteiger partial charge is 0.331 e. The van der Waals surface area contributed by atoms with Gasteiger partial charge in [-0.2, -0.15) is 4.31 Å². The summed E-state index contributed by atoms with van der Waals surface area (Å²) in [6.45, 7) is 3.55. The van der Waals surface area contributed by atoms with Crippen LogP contribution in [0.5, 0.6) is 0 Å². The van der Waals surface area contributed by atoms with Gasteiger partial charge in [0.05, 0.1) is 4.90 Å². The highest BCUT2D eigenvalue weighted by molar-refractivity contribution is 7.89. The maximum atomic E-state index is 13.0. The molecular weight excluding hydrogens is 364 g/mol. The van der Waals surface area contributed by atoms with Crippen LogP contribution in [0.2, 0.25) is 0 Å². The topological polar surface area (TPSA) is 77.9 Å². The monoisotopic (exact) mass is 386 g/mol. The third-order valence-electron chi connectivity index (χ3n) is 4.58. The van der Waals surface area contributed by atoms with Crippen LogP contribution < -0.4 is 4.90 Å². The molecule has 0 saturated carbocycles. The number of rotatable bonds is 5. The van der Waals surface area contributed by atoms with Gasteiger partial charge in [0.25, 0.3) is 0 Å². The van der Waals surface area contributed by atoms with Gasteiger partial charge in [-0.05, 0) is 42.8 Å². The Bertz CT molecular complexity index is 947. The summed E-state index contributed by atoms with van der Waals surface area (Å²) in [7, 11) is -3.62. The zero-order valence-corrected chi connectivity index (χ0v) is 15.9. The molecule has 3 rings (SSSR count). The summed E-state index contributed by atoms with van der Waals surface area (Å²) in [4.78, 5) is 13.3. The van der Waals surface area contributed by atoms with Gasteiger partial charge < -0.3 is 10.0 Å². The Morgan fingerprint density at radius 1 is 1.00 bits per heavy atom. The average Bonchev–Trinajstić information content (AvgIpc) is 2.69. The summed E-state index contributed by atoms with van der Waals surface area (Å²) in [5, 5.41) is 9.00. The minimum Gasteiger partial charge on any atom is -0.478 e. The maximum absolute atomic E-state index is 13.0. The molecule has 2 aromatic carbocycles. The van der Waals surface area contributed by atoms with Crippen molar-refractivity contribution in [1.29, 1.82) is 0 Å². The van der Waals surface area contributed by atoms with Gasteiger partial charge >= 0.3 is 5.97 Å². The number of carboxylic acids is 1. The fourth-order valence-corrected chi connectivity index (χ4v) is 4.53. The Morgan fingerprint density at radius 2 is 1.67 bits per heavy atom. The van der Waals surface area contributed by atoms with Gasteiger partial charge in [-0.3, -0.25) is 0 Å². The molecule has 0 amide bonds. The van der Waals surface area contributed by atoms with Gasteiger partial charge in [0.1, 0.15) is 0 Å². The lowest BCUT2D eigenvalue weighted by Gasteiger charge is -2.35. The van der Waals surface area contributed by atoms with Crippen LogP contribution in [0.25, 0.3) is 6.08 Å². The molecule has 0 aliphatic carbocycles. The van der Waals surface area contributed by atoms with Crippen LogP contribution in [-0.4, -0.2) is 50.0 Å². The van der Waals surface area contributed by atoms with E-state index in [1.807, 2.05) is 30.3 Å². The van der Waals surface area contributed by atoms with Crippen molar-refractivity contribution in [3.05, 3.63) is 65.7 Å². The number of para-hydroxylation sites is 1. The van der Waals surface area contributed by atoms with E-state index in [4.69, 9.17) is 5.11 Å². The second-order valence-corrected chi connectivity index (χ2v) is 8.37. The average molecular weight is 386 g/mol. The Labute approximate surface area is 159 Å². The van der Waals surface area contributed by atoms with E-state index in [0.29, 0.717) is 31.7 Å². The third-order valence-corrected chi connectivity index (χ3v) is 6.47. The summed E-state index contributed by atoms with van der Waals surface area (Å²) >= 11 is 0. The minimum absolute atomic E-state index is 0.154. The molecule has 1 aliphatic rings. The van der Waals surface area contributed by atoms with Crippen LogP contribution >= 0.6 is 0 Å². The van der Waals surface area contributed by atoms with Crippen molar-refractivity contribution >= 4 is 27.8 Å². The second kappa shape index (κ2) is 7.94. The first kappa shape index (κ1) is 19.1. The molecule has 1 saturated heterocycles. The van der Waals surface area contributed by atoms with Crippen LogP contribution in [0, 0.1) is 0 Å². The lowest BCUT2D eigenvalue weighted by atomic mass is 10.1. The van der Waals surface area contributed by atoms with Gasteiger partial charge in [0.2, 0.25) is 10.0 Å². The number of anilines is 1. The van der Waals surface area contributed by atoms with E-state index in [1.165, 1.54) is 23.4 Å². The number of aliphatic carboxylic acids is 1. The van der Waals surface area contributed by atoms with Crippen molar-refractivity contribution in [3.8, 4) is 0 Å². The molecule has 0 spiro atoms. The van der Waals surface area contributed by atoms with Crippen molar-refractivity contribution in [3.63, 3.8) is 0 Å². The van der Waals surface area contributed by atoms with Gasteiger partial charge in [-0.15, -0.1) is 0 Å². The molecule has 2 aromatic rings. The molecule has 0 unspecified atom stereocenters. The van der Waals surface area contributed by atoms with Gasteiger partial charge in [0, 0.05) is 37.4 Å². The molecule has 0 radical (unpaired) electrons. The van der Waals surface area contributed by atoms with Gasteiger partial charge in [-0.25, -0.2) is 13.2 Å². The number of hydrogen-bond acceptors (Lipinski definition) is 4. The Kier molecular flexibility index (Phi) is 5.62. The lowest BCUT2D eigenvalue weighted by Crippen LogP contribution is -2.48. The fourth-order valence-electron chi connectivity index (χ4n) is 3.05. The molecular formula is C20H22N2O4S. The lowest BCUT2D eigenvalue weighted by molar-refractivity contribution is -0.132. The number of carbonyl (C=O) groups is 1. The van der Waals surface area contributed by atoms with E-state index in [2.05, 4.69) is 4.90 Å². The molecule has 0 atom stereocenters. The van der Waals surface area contributed by atoms with Crippen molar-refractivity contribution < 1.29 is 18.3 Å².